The van der Waals surface area contributed by atoms with Crippen LogP contribution in [-0.4, -0.2) is 10.8 Å². The first-order chi connectivity index (χ1) is 9.88. The predicted molar refractivity (Wildman–Crippen MR) is 85.2 cm³/mol. The Bertz CT molecular complexity index is 737. The maximum Gasteiger partial charge on any atom is 0.283 e. The quantitative estimate of drug-likeness (QED) is 0.598. The fourth-order valence-electron chi connectivity index (χ4n) is 1.63. The third-order valence-electron chi connectivity index (χ3n) is 2.58. The molecule has 0 saturated heterocycles. The number of rotatable bonds is 3. The molecule has 5 nitrogen and oxygen atoms in total. The van der Waals surface area contributed by atoms with Crippen LogP contribution in [0.2, 0.25) is 10.0 Å². The van der Waals surface area contributed by atoms with Gasteiger partial charge in [-0.15, -0.1) is 0 Å². The van der Waals surface area contributed by atoms with Crippen molar-refractivity contribution in [2.75, 3.05) is 5.32 Å². The number of nitrogens with one attached hydrogen (secondary N) is 1. The van der Waals surface area contributed by atoms with Gasteiger partial charge >= 0.3 is 0 Å². The van der Waals surface area contributed by atoms with Gasteiger partial charge in [-0.2, -0.15) is 0 Å². The monoisotopic (exact) mass is 388 g/mol. The van der Waals surface area contributed by atoms with Gasteiger partial charge in [-0.25, -0.2) is 0 Å². The Labute approximate surface area is 138 Å². The summed E-state index contributed by atoms with van der Waals surface area (Å²) in [5.74, 6) is -0.640. The minimum absolute atomic E-state index is 0.0968. The number of carbonyl (C=O) groups is 1. The number of benzene rings is 2. The number of hydrogen-bond donors (Lipinski definition) is 1. The van der Waals surface area contributed by atoms with Gasteiger partial charge in [0.1, 0.15) is 5.56 Å². The van der Waals surface area contributed by atoms with Crippen molar-refractivity contribution in [3.8, 4) is 0 Å². The molecule has 0 fully saturated rings. The van der Waals surface area contributed by atoms with Gasteiger partial charge in [-0.05, 0) is 30.3 Å². The van der Waals surface area contributed by atoms with E-state index in [0.717, 1.165) is 6.07 Å². The summed E-state index contributed by atoms with van der Waals surface area (Å²) in [6, 6.07) is 8.73. The predicted octanol–water partition coefficient (Wildman–Crippen LogP) is 4.92. The first kappa shape index (κ1) is 15.8. The maximum atomic E-state index is 12.2. The molecule has 0 bridgehead atoms. The number of nitrogens with zero attached hydrogens (tertiary/aromatic N) is 1. The molecule has 0 spiro atoms. The van der Waals surface area contributed by atoms with Gasteiger partial charge in [-0.1, -0.05) is 39.1 Å². The molecule has 0 aliphatic carbocycles. The van der Waals surface area contributed by atoms with E-state index in [2.05, 4.69) is 21.2 Å². The molecule has 0 unspecified atom stereocenters. The van der Waals surface area contributed by atoms with E-state index >= 15 is 0 Å². The van der Waals surface area contributed by atoms with Crippen molar-refractivity contribution in [3.63, 3.8) is 0 Å². The van der Waals surface area contributed by atoms with Gasteiger partial charge in [0.05, 0.1) is 15.6 Å². The van der Waals surface area contributed by atoms with Crippen molar-refractivity contribution in [2.45, 2.75) is 0 Å². The molecule has 0 atom stereocenters. The van der Waals surface area contributed by atoms with E-state index in [9.17, 15) is 14.9 Å². The fourth-order valence-corrected chi connectivity index (χ4v) is 2.32. The van der Waals surface area contributed by atoms with Gasteiger partial charge in [-0.3, -0.25) is 14.9 Å². The number of anilines is 1. The van der Waals surface area contributed by atoms with Crippen LogP contribution in [0, 0.1) is 10.1 Å². The lowest BCUT2D eigenvalue weighted by Crippen LogP contribution is -2.14. The topological polar surface area (TPSA) is 72.2 Å². The molecule has 1 N–H and O–H groups in total. The summed E-state index contributed by atoms with van der Waals surface area (Å²) in [6.07, 6.45) is 0. The molecule has 0 heterocycles. The molecule has 0 aliphatic rings. The van der Waals surface area contributed by atoms with Crippen molar-refractivity contribution in [2.24, 2.45) is 0 Å². The first-order valence-electron chi connectivity index (χ1n) is 5.59. The molecule has 0 aromatic heterocycles. The molecule has 8 heteroatoms. The van der Waals surface area contributed by atoms with E-state index in [1.807, 2.05) is 0 Å². The van der Waals surface area contributed by atoms with Crippen LogP contribution in [-0.2, 0) is 0 Å². The van der Waals surface area contributed by atoms with Crippen molar-refractivity contribution < 1.29 is 9.72 Å². The second-order valence-electron chi connectivity index (χ2n) is 4.00. The summed E-state index contributed by atoms with van der Waals surface area (Å²) >= 11 is 14.9. The number of hydrogen-bond acceptors (Lipinski definition) is 3. The summed E-state index contributed by atoms with van der Waals surface area (Å²) in [4.78, 5) is 22.5. The Hall–Kier alpha value is -1.63. The van der Waals surface area contributed by atoms with Crippen LogP contribution in [0.3, 0.4) is 0 Å². The molecule has 21 heavy (non-hydrogen) atoms. The van der Waals surface area contributed by atoms with Crippen LogP contribution in [0.5, 0.6) is 0 Å². The van der Waals surface area contributed by atoms with Crippen molar-refractivity contribution in [3.05, 3.63) is 66.6 Å². The molecule has 108 valence electrons. The van der Waals surface area contributed by atoms with E-state index in [1.165, 1.54) is 12.1 Å². The molecule has 2 aromatic carbocycles. The molecule has 2 aromatic rings. The van der Waals surface area contributed by atoms with E-state index in [4.69, 9.17) is 23.2 Å². The highest BCUT2D eigenvalue weighted by molar-refractivity contribution is 9.10. The summed E-state index contributed by atoms with van der Waals surface area (Å²) in [5.41, 5.74) is -0.119. The average molecular weight is 390 g/mol. The standard InChI is InChI=1S/C13H7BrCl2N2O3/c14-7-1-4-10(16)11(5-7)17-13(19)9-3-2-8(15)6-12(9)18(20)21/h1-6H,(H,17,19). The van der Waals surface area contributed by atoms with Gasteiger partial charge < -0.3 is 5.32 Å². The molecule has 2 rings (SSSR count). The Morgan fingerprint density at radius 2 is 1.90 bits per heavy atom. The lowest BCUT2D eigenvalue weighted by molar-refractivity contribution is -0.385. The molecular formula is C13H7BrCl2N2O3. The van der Waals surface area contributed by atoms with Gasteiger partial charge in [0, 0.05) is 15.6 Å². The van der Waals surface area contributed by atoms with Crippen LogP contribution in [0.1, 0.15) is 10.4 Å². The second-order valence-corrected chi connectivity index (χ2v) is 5.76. The number of nitro groups is 1. The Morgan fingerprint density at radius 3 is 2.57 bits per heavy atom. The third kappa shape index (κ3) is 3.72. The zero-order chi connectivity index (χ0) is 15.6. The number of halogens is 3. The zero-order valence-electron chi connectivity index (χ0n) is 10.3. The van der Waals surface area contributed by atoms with Crippen molar-refractivity contribution in [1.29, 1.82) is 0 Å². The fraction of sp³-hybridized carbons (Fsp3) is 0. The lowest BCUT2D eigenvalue weighted by Gasteiger charge is -2.08. The van der Waals surface area contributed by atoms with Crippen LogP contribution in [0.4, 0.5) is 11.4 Å². The SMILES string of the molecule is O=C(Nc1cc(Br)ccc1Cl)c1ccc(Cl)cc1[N+](=O)[O-]. The van der Waals surface area contributed by atoms with Crippen molar-refractivity contribution in [1.82, 2.24) is 0 Å². The van der Waals surface area contributed by atoms with E-state index in [1.54, 1.807) is 18.2 Å². The maximum absolute atomic E-state index is 12.2. The Morgan fingerprint density at radius 1 is 1.19 bits per heavy atom. The van der Waals surface area contributed by atoms with E-state index in [0.29, 0.717) is 15.2 Å². The van der Waals surface area contributed by atoms with Crippen LogP contribution in [0.15, 0.2) is 40.9 Å². The third-order valence-corrected chi connectivity index (χ3v) is 3.64. The molecule has 0 aliphatic heterocycles. The Kier molecular flexibility index (Phi) is 4.82. The smallest absolute Gasteiger partial charge is 0.283 e. The van der Waals surface area contributed by atoms with Gasteiger partial charge in [0.2, 0.25) is 0 Å². The molecule has 0 radical (unpaired) electrons. The number of nitro benzene ring substituents is 1. The van der Waals surface area contributed by atoms with E-state index in [-0.39, 0.29) is 16.3 Å². The summed E-state index contributed by atoms with van der Waals surface area (Å²) < 4.78 is 0.716. The second kappa shape index (κ2) is 6.43. The highest BCUT2D eigenvalue weighted by Gasteiger charge is 2.21. The average Bonchev–Trinajstić information content (AvgIpc) is 2.42. The molecular weight excluding hydrogens is 383 g/mol. The number of carbonyl (C=O) groups excluding carboxylic acids is 1. The summed E-state index contributed by atoms with van der Waals surface area (Å²) in [7, 11) is 0. The van der Waals surface area contributed by atoms with Crippen LogP contribution in [0.25, 0.3) is 0 Å². The summed E-state index contributed by atoms with van der Waals surface area (Å²) in [5, 5.41) is 14.0. The molecule has 0 saturated carbocycles. The normalized spacial score (nSPS) is 10.2. The minimum atomic E-state index is -0.663. The number of amides is 1. The first-order valence-corrected chi connectivity index (χ1v) is 7.13. The van der Waals surface area contributed by atoms with Crippen molar-refractivity contribution >= 4 is 56.4 Å². The van der Waals surface area contributed by atoms with Gasteiger partial charge in [0.15, 0.2) is 0 Å². The molecule has 1 amide bonds. The largest absolute Gasteiger partial charge is 0.320 e. The van der Waals surface area contributed by atoms with Crippen LogP contribution < -0.4 is 5.32 Å². The van der Waals surface area contributed by atoms with Gasteiger partial charge in [0.25, 0.3) is 11.6 Å². The minimum Gasteiger partial charge on any atom is -0.320 e. The highest BCUT2D eigenvalue weighted by atomic mass is 79.9. The zero-order valence-corrected chi connectivity index (χ0v) is 13.4. The van der Waals surface area contributed by atoms with E-state index < -0.39 is 10.8 Å². The lowest BCUT2D eigenvalue weighted by atomic mass is 10.1. The highest BCUT2D eigenvalue weighted by Crippen LogP contribution is 2.28. The summed E-state index contributed by atoms with van der Waals surface area (Å²) in [6.45, 7) is 0. The van der Waals surface area contributed by atoms with Crippen LogP contribution >= 0.6 is 39.1 Å². The Balaban J connectivity index is 2.37.